The molecule has 0 aromatic carbocycles. The van der Waals surface area contributed by atoms with Gasteiger partial charge in [0.15, 0.2) is 0 Å². The summed E-state index contributed by atoms with van der Waals surface area (Å²) in [5, 5.41) is 29.4. The van der Waals surface area contributed by atoms with Crippen LogP contribution < -0.4 is 0 Å². The minimum Gasteiger partial charge on any atom is -0.396 e. The van der Waals surface area contributed by atoms with Gasteiger partial charge in [-0.2, -0.15) is 0 Å². The molecule has 7 atom stereocenters. The molecule has 0 amide bonds. The molecular formula is C27H44O3. The van der Waals surface area contributed by atoms with Crippen LogP contribution in [0.1, 0.15) is 85.0 Å². The molecule has 3 rings (SSSR count). The summed E-state index contributed by atoms with van der Waals surface area (Å²) in [6.07, 6.45) is 14.4. The van der Waals surface area contributed by atoms with Gasteiger partial charge in [-0.25, -0.2) is 0 Å². The van der Waals surface area contributed by atoms with E-state index in [2.05, 4.69) is 39.5 Å². The van der Waals surface area contributed by atoms with Crippen LogP contribution in [-0.2, 0) is 0 Å². The highest BCUT2D eigenvalue weighted by Gasteiger charge is 2.50. The maximum atomic E-state index is 10.1. The van der Waals surface area contributed by atoms with Crippen LogP contribution in [0.5, 0.6) is 0 Å². The number of hydrogen-bond acceptors (Lipinski definition) is 3. The van der Waals surface area contributed by atoms with Crippen molar-refractivity contribution < 1.29 is 15.3 Å². The fraction of sp³-hybridized carbons (Fsp3) is 0.778. The number of aliphatic hydroxyl groups is 3. The van der Waals surface area contributed by atoms with Crippen molar-refractivity contribution in [3.05, 3.63) is 35.5 Å². The first kappa shape index (κ1) is 23.8. The van der Waals surface area contributed by atoms with E-state index in [0.717, 1.165) is 29.4 Å². The van der Waals surface area contributed by atoms with E-state index in [1.807, 2.05) is 0 Å². The fourth-order valence-electron chi connectivity index (χ4n) is 6.76. The Bertz CT molecular complexity index is 663. The van der Waals surface area contributed by atoms with Gasteiger partial charge in [0.05, 0.1) is 12.2 Å². The van der Waals surface area contributed by atoms with Gasteiger partial charge in [0.25, 0.3) is 0 Å². The second-order valence-electron chi connectivity index (χ2n) is 10.9. The lowest BCUT2D eigenvalue weighted by Gasteiger charge is -2.44. The van der Waals surface area contributed by atoms with E-state index >= 15 is 0 Å². The average molecular weight is 417 g/mol. The van der Waals surface area contributed by atoms with E-state index < -0.39 is 12.2 Å². The SMILES string of the molecule is C=C1/C(=C\C=C2/CCC[C@]3(C)[C@@H]([C@H](C)CCCC(C)CO)CC[C@@H]23)C[C@@H](O)CC1O. The van der Waals surface area contributed by atoms with Crippen LogP contribution >= 0.6 is 0 Å². The smallest absolute Gasteiger partial charge is 0.0811 e. The van der Waals surface area contributed by atoms with Gasteiger partial charge in [-0.05, 0) is 85.2 Å². The minimum absolute atomic E-state index is 0.307. The molecule has 0 aliphatic heterocycles. The van der Waals surface area contributed by atoms with Gasteiger partial charge < -0.3 is 15.3 Å². The zero-order valence-corrected chi connectivity index (χ0v) is 19.4. The quantitative estimate of drug-likeness (QED) is 0.509. The Kier molecular flexibility index (Phi) is 8.03. The summed E-state index contributed by atoms with van der Waals surface area (Å²) in [6, 6.07) is 0. The highest BCUT2D eigenvalue weighted by molar-refractivity contribution is 5.38. The predicted octanol–water partition coefficient (Wildman–Crippen LogP) is 5.56. The van der Waals surface area contributed by atoms with E-state index in [-0.39, 0.29) is 0 Å². The molecule has 3 aliphatic carbocycles. The fourth-order valence-corrected chi connectivity index (χ4v) is 6.76. The molecule has 2 unspecified atom stereocenters. The zero-order valence-electron chi connectivity index (χ0n) is 19.4. The number of aliphatic hydroxyl groups excluding tert-OH is 3. The first-order chi connectivity index (χ1) is 14.3. The van der Waals surface area contributed by atoms with Gasteiger partial charge >= 0.3 is 0 Å². The Balaban J connectivity index is 1.69. The van der Waals surface area contributed by atoms with Crippen molar-refractivity contribution in [2.24, 2.45) is 29.1 Å². The summed E-state index contributed by atoms with van der Waals surface area (Å²) in [7, 11) is 0. The standard InChI is InChI=1S/C27H44O3/c1-18(17-28)7-5-8-19(2)24-12-13-25-21(9-6-14-27(24,25)4)10-11-22-15-23(29)16-26(30)20(22)3/h10-11,18-19,23-26,28-30H,3,5-9,12-17H2,1-2,4H3/b21-10+,22-11-/t18?,19-,23-,24-,25+,26?,27-/m1/s1. The molecule has 0 aromatic rings. The summed E-state index contributed by atoms with van der Waals surface area (Å²) in [5.74, 6) is 2.62. The largest absolute Gasteiger partial charge is 0.396 e. The van der Waals surface area contributed by atoms with Crippen LogP contribution in [-0.4, -0.2) is 34.1 Å². The van der Waals surface area contributed by atoms with Crippen LogP contribution in [0, 0.1) is 29.1 Å². The van der Waals surface area contributed by atoms with Crippen LogP contribution in [0.15, 0.2) is 35.5 Å². The van der Waals surface area contributed by atoms with Gasteiger partial charge in [-0.1, -0.05) is 57.9 Å². The van der Waals surface area contributed by atoms with Crippen LogP contribution in [0.3, 0.4) is 0 Å². The van der Waals surface area contributed by atoms with Crippen molar-refractivity contribution in [3.8, 4) is 0 Å². The third kappa shape index (κ3) is 5.11. The third-order valence-electron chi connectivity index (χ3n) is 8.66. The Morgan fingerprint density at radius 2 is 1.93 bits per heavy atom. The second kappa shape index (κ2) is 10.1. The molecule has 0 aromatic heterocycles. The van der Waals surface area contributed by atoms with Crippen LogP contribution in [0.2, 0.25) is 0 Å². The molecule has 30 heavy (non-hydrogen) atoms. The van der Waals surface area contributed by atoms with Crippen molar-refractivity contribution in [2.45, 2.75) is 97.2 Å². The highest BCUT2D eigenvalue weighted by atomic mass is 16.3. The lowest BCUT2D eigenvalue weighted by molar-refractivity contribution is 0.0861. The van der Waals surface area contributed by atoms with Crippen LogP contribution in [0.4, 0.5) is 0 Å². The molecule has 3 N–H and O–H groups in total. The van der Waals surface area contributed by atoms with E-state index in [0.29, 0.717) is 36.7 Å². The number of rotatable bonds is 7. The monoisotopic (exact) mass is 416 g/mol. The molecule has 0 radical (unpaired) electrons. The maximum absolute atomic E-state index is 10.1. The summed E-state index contributed by atoms with van der Waals surface area (Å²) in [6.45, 7) is 11.5. The van der Waals surface area contributed by atoms with Gasteiger partial charge in [-0.3, -0.25) is 0 Å². The molecule has 3 fully saturated rings. The number of hydrogen-bond donors (Lipinski definition) is 3. The number of fused-ring (bicyclic) bond motifs is 1. The third-order valence-corrected chi connectivity index (χ3v) is 8.66. The summed E-state index contributed by atoms with van der Waals surface area (Å²) in [4.78, 5) is 0. The molecule has 0 bridgehead atoms. The number of allylic oxidation sites excluding steroid dienone is 3. The zero-order chi connectivity index (χ0) is 21.9. The molecular weight excluding hydrogens is 372 g/mol. The Morgan fingerprint density at radius 1 is 1.17 bits per heavy atom. The molecule has 3 heteroatoms. The van der Waals surface area contributed by atoms with Crippen molar-refractivity contribution in [1.29, 1.82) is 0 Å². The first-order valence-electron chi connectivity index (χ1n) is 12.3. The van der Waals surface area contributed by atoms with Gasteiger partial charge in [0.1, 0.15) is 0 Å². The first-order valence-corrected chi connectivity index (χ1v) is 12.3. The normalized spacial score (nSPS) is 39.3. The maximum Gasteiger partial charge on any atom is 0.0811 e. The molecule has 0 saturated heterocycles. The molecule has 0 heterocycles. The topological polar surface area (TPSA) is 60.7 Å². The summed E-state index contributed by atoms with van der Waals surface area (Å²) < 4.78 is 0. The average Bonchev–Trinajstić information content (AvgIpc) is 3.06. The van der Waals surface area contributed by atoms with Crippen molar-refractivity contribution in [1.82, 2.24) is 0 Å². The van der Waals surface area contributed by atoms with Crippen LogP contribution in [0.25, 0.3) is 0 Å². The van der Waals surface area contributed by atoms with Crippen molar-refractivity contribution >= 4 is 0 Å². The van der Waals surface area contributed by atoms with Gasteiger partial charge in [0.2, 0.25) is 0 Å². The summed E-state index contributed by atoms with van der Waals surface area (Å²) in [5.41, 5.74) is 3.77. The molecule has 0 spiro atoms. The molecule has 170 valence electrons. The Morgan fingerprint density at radius 3 is 2.67 bits per heavy atom. The second-order valence-corrected chi connectivity index (χ2v) is 10.9. The van der Waals surface area contributed by atoms with Crippen molar-refractivity contribution in [3.63, 3.8) is 0 Å². The highest BCUT2D eigenvalue weighted by Crippen LogP contribution is 2.59. The molecule has 3 nitrogen and oxygen atoms in total. The molecule has 3 aliphatic rings. The Labute approximate surface area is 184 Å². The van der Waals surface area contributed by atoms with E-state index in [1.165, 1.54) is 44.9 Å². The van der Waals surface area contributed by atoms with Crippen molar-refractivity contribution in [2.75, 3.05) is 6.61 Å². The lowest BCUT2D eigenvalue weighted by Crippen LogP contribution is -2.36. The van der Waals surface area contributed by atoms with E-state index in [4.69, 9.17) is 0 Å². The predicted molar refractivity (Wildman–Crippen MR) is 124 cm³/mol. The molecule has 3 saturated carbocycles. The Hall–Kier alpha value is -0.900. The van der Waals surface area contributed by atoms with E-state index in [1.54, 1.807) is 5.57 Å². The minimum atomic E-state index is -0.611. The van der Waals surface area contributed by atoms with Gasteiger partial charge in [0, 0.05) is 13.0 Å². The lowest BCUT2D eigenvalue weighted by atomic mass is 9.60. The van der Waals surface area contributed by atoms with Gasteiger partial charge in [-0.15, -0.1) is 0 Å². The summed E-state index contributed by atoms with van der Waals surface area (Å²) >= 11 is 0. The van der Waals surface area contributed by atoms with E-state index in [9.17, 15) is 15.3 Å².